The van der Waals surface area contributed by atoms with Crippen LogP contribution in [0.1, 0.15) is 21.5 Å². The summed E-state index contributed by atoms with van der Waals surface area (Å²) in [6, 6.07) is 37.5. The molecule has 0 radical (unpaired) electrons. The second-order valence-electron chi connectivity index (χ2n) is 17.2. The van der Waals surface area contributed by atoms with Crippen molar-refractivity contribution in [3.8, 4) is 33.6 Å². The third kappa shape index (κ3) is 14.5. The van der Waals surface area contributed by atoms with E-state index in [1.54, 1.807) is 31.0 Å². The summed E-state index contributed by atoms with van der Waals surface area (Å²) in [6.07, 6.45) is 13.1. The van der Waals surface area contributed by atoms with E-state index in [-0.39, 0.29) is 5.91 Å². The minimum Gasteiger partial charge on any atom is -0.352 e. The van der Waals surface area contributed by atoms with Crippen molar-refractivity contribution in [3.05, 3.63) is 175 Å². The Labute approximate surface area is 419 Å². The normalized spacial score (nSPS) is 14.0. The van der Waals surface area contributed by atoms with Gasteiger partial charge in [-0.3, -0.25) is 24.2 Å². The van der Waals surface area contributed by atoms with Gasteiger partial charge >= 0.3 is 0 Å². The third-order valence-electron chi connectivity index (χ3n) is 11.8. The Kier molecular flexibility index (Phi) is 16.9. The van der Waals surface area contributed by atoms with Gasteiger partial charge in [-0.1, -0.05) is 48.5 Å². The van der Waals surface area contributed by atoms with Gasteiger partial charge in [0.05, 0.1) is 11.9 Å². The molecule has 2 aliphatic rings. The molecular formula is C53H56N14O4S. The number of piperazine rings is 2. The molecule has 0 unspecified atom stereocenters. The van der Waals surface area contributed by atoms with Crippen LogP contribution < -0.4 is 20.4 Å². The Bertz CT molecular complexity index is 3100. The van der Waals surface area contributed by atoms with Crippen LogP contribution in [0.3, 0.4) is 0 Å². The Morgan fingerprint density at radius 2 is 1.36 bits per heavy atom. The Hall–Kier alpha value is -8.10. The number of anilines is 5. The molecule has 7 heterocycles. The standard InChI is InChI=1S/C29H31N7O.C23H21N7.CH4O3S/c1-21-5-10-25(18-27(21)34-29-31-13-11-26(33-29)24-4-3-12-30-19-24)32-28(37)23-8-6-22(7-9-23)20-36-16-14-35(2)15-17-36;1-2-5-19(6-3-1)22-20(18-7-11-24-12-8-18)17-21(27-28-22)29-13-15-30(16-14-29)23-25-9-4-10-26-23;1-5(2,3)4/h3-13,18-19H,14-17,20H2,1-2H3,(H,32,37)(H,31,33,34);1-12,17H,13-16H2;1H3,(H,2,3,4). The second-order valence-corrected chi connectivity index (χ2v) is 18.7. The lowest BCUT2D eigenvalue weighted by atomic mass is 10.0. The SMILES string of the molecule is CS(=O)(=O)O.Cc1ccc(NC(=O)c2ccc(CN3CCN(C)CC3)cc2)cc1Nc1nccc(-c2cccnc2)n1.c1ccc(-c2nnc(N3CCN(c4ncccn4)CC3)cc2-c2ccncc2)cc1. The number of amides is 1. The molecule has 0 bridgehead atoms. The summed E-state index contributed by atoms with van der Waals surface area (Å²) in [5.74, 6) is 2.00. The number of carbonyl (C=O) groups is 1. The van der Waals surface area contributed by atoms with Gasteiger partial charge in [-0.2, -0.15) is 8.42 Å². The highest BCUT2D eigenvalue weighted by Crippen LogP contribution is 2.32. The van der Waals surface area contributed by atoms with Crippen LogP contribution >= 0.6 is 0 Å². The van der Waals surface area contributed by atoms with Gasteiger partial charge in [-0.25, -0.2) is 19.9 Å². The van der Waals surface area contributed by atoms with Gasteiger partial charge in [-0.05, 0) is 97.4 Å². The number of hydrogen-bond acceptors (Lipinski definition) is 16. The van der Waals surface area contributed by atoms with Crippen LogP contribution in [-0.4, -0.2) is 134 Å². The third-order valence-corrected chi connectivity index (χ3v) is 11.8. The van der Waals surface area contributed by atoms with Crippen molar-refractivity contribution in [3.63, 3.8) is 0 Å². The number of likely N-dealkylation sites (N-methyl/N-ethyl adjacent to an activating group) is 1. The van der Waals surface area contributed by atoms with Crippen molar-refractivity contribution in [1.82, 2.24) is 49.9 Å². The average Bonchev–Trinajstić information content (AvgIpc) is 3.41. The van der Waals surface area contributed by atoms with Crippen LogP contribution in [0.2, 0.25) is 0 Å². The van der Waals surface area contributed by atoms with Crippen LogP contribution in [0.15, 0.2) is 159 Å². The van der Waals surface area contributed by atoms with Gasteiger partial charge in [0, 0.05) is 136 Å². The van der Waals surface area contributed by atoms with E-state index in [2.05, 4.69) is 95.6 Å². The molecule has 2 saturated heterocycles. The van der Waals surface area contributed by atoms with Crippen molar-refractivity contribution in [2.45, 2.75) is 13.5 Å². The molecule has 2 fully saturated rings. The summed E-state index contributed by atoms with van der Waals surface area (Å²) in [5, 5.41) is 15.5. The second kappa shape index (κ2) is 24.1. The molecule has 368 valence electrons. The largest absolute Gasteiger partial charge is 0.352 e. The first-order valence-corrected chi connectivity index (χ1v) is 25.2. The molecule has 2 aliphatic heterocycles. The van der Waals surface area contributed by atoms with Crippen molar-refractivity contribution in [1.29, 1.82) is 0 Å². The molecule has 0 spiro atoms. The average molecular weight is 985 g/mol. The van der Waals surface area contributed by atoms with E-state index in [0.717, 1.165) is 116 Å². The van der Waals surface area contributed by atoms with Gasteiger partial charge in [0.15, 0.2) is 5.82 Å². The highest BCUT2D eigenvalue weighted by molar-refractivity contribution is 7.85. The lowest BCUT2D eigenvalue weighted by Crippen LogP contribution is -2.47. The van der Waals surface area contributed by atoms with Crippen LogP contribution in [-0.2, 0) is 16.7 Å². The number of carbonyl (C=O) groups excluding carboxylic acids is 1. The van der Waals surface area contributed by atoms with Crippen LogP contribution in [0.5, 0.6) is 0 Å². The Morgan fingerprint density at radius 3 is 2.06 bits per heavy atom. The Morgan fingerprint density at radius 1 is 0.667 bits per heavy atom. The van der Waals surface area contributed by atoms with E-state index in [9.17, 15) is 13.2 Å². The van der Waals surface area contributed by atoms with Gasteiger partial charge in [0.1, 0.15) is 5.69 Å². The fourth-order valence-corrected chi connectivity index (χ4v) is 7.96. The molecule has 3 aromatic carbocycles. The van der Waals surface area contributed by atoms with Gasteiger partial charge in [-0.15, -0.1) is 10.2 Å². The molecule has 0 aliphatic carbocycles. The number of pyridine rings is 2. The highest BCUT2D eigenvalue weighted by atomic mass is 32.2. The highest BCUT2D eigenvalue weighted by Gasteiger charge is 2.22. The summed E-state index contributed by atoms with van der Waals surface area (Å²) in [6.45, 7) is 10.6. The predicted octanol–water partition coefficient (Wildman–Crippen LogP) is 7.42. The van der Waals surface area contributed by atoms with Gasteiger partial charge in [0.25, 0.3) is 16.0 Å². The minimum atomic E-state index is -3.67. The molecule has 10 rings (SSSR count). The van der Waals surface area contributed by atoms with Crippen LogP contribution in [0.4, 0.5) is 29.1 Å². The van der Waals surface area contributed by atoms with E-state index in [4.69, 9.17) is 4.55 Å². The molecule has 18 nitrogen and oxygen atoms in total. The van der Waals surface area contributed by atoms with E-state index in [1.807, 2.05) is 116 Å². The zero-order valence-corrected chi connectivity index (χ0v) is 41.1. The maximum absolute atomic E-state index is 12.9. The summed E-state index contributed by atoms with van der Waals surface area (Å²) in [7, 11) is -1.51. The minimum absolute atomic E-state index is 0.143. The molecule has 0 saturated carbocycles. The zero-order chi connectivity index (χ0) is 50.3. The molecule has 5 aromatic heterocycles. The first-order valence-electron chi connectivity index (χ1n) is 23.4. The first kappa shape index (κ1) is 50.3. The number of aryl methyl sites for hydroxylation is 1. The van der Waals surface area contributed by atoms with E-state index in [1.165, 1.54) is 5.56 Å². The predicted molar refractivity (Wildman–Crippen MR) is 282 cm³/mol. The van der Waals surface area contributed by atoms with Gasteiger partial charge in [0.2, 0.25) is 11.9 Å². The summed E-state index contributed by atoms with van der Waals surface area (Å²) in [4.78, 5) is 48.2. The van der Waals surface area contributed by atoms with Crippen molar-refractivity contribution in [2.75, 3.05) is 86.1 Å². The summed E-state index contributed by atoms with van der Waals surface area (Å²) in [5.41, 5.74) is 10.1. The maximum atomic E-state index is 12.9. The monoisotopic (exact) mass is 984 g/mol. The number of nitrogens with zero attached hydrogens (tertiary/aromatic N) is 12. The quantitative estimate of drug-likeness (QED) is 0.108. The van der Waals surface area contributed by atoms with Crippen molar-refractivity contribution >= 4 is 45.1 Å². The van der Waals surface area contributed by atoms with Crippen LogP contribution in [0.25, 0.3) is 33.6 Å². The van der Waals surface area contributed by atoms with Crippen LogP contribution in [0, 0.1) is 6.92 Å². The zero-order valence-electron chi connectivity index (χ0n) is 40.3. The van der Waals surface area contributed by atoms with Crippen molar-refractivity contribution < 1.29 is 17.8 Å². The molecule has 19 heteroatoms. The molecule has 1 amide bonds. The molecular weight excluding hydrogens is 929 g/mol. The molecule has 72 heavy (non-hydrogen) atoms. The summed E-state index contributed by atoms with van der Waals surface area (Å²) >= 11 is 0. The lowest BCUT2D eigenvalue weighted by Gasteiger charge is -2.35. The topological polar surface area (TPSA) is 212 Å². The fraction of sp³-hybridized carbons (Fsp3) is 0.226. The number of aromatic nitrogens is 8. The molecule has 0 atom stereocenters. The number of benzene rings is 3. The fourth-order valence-electron chi connectivity index (χ4n) is 7.96. The Balaban J connectivity index is 0.000000179. The maximum Gasteiger partial charge on any atom is 0.261 e. The van der Waals surface area contributed by atoms with Crippen molar-refractivity contribution in [2.24, 2.45) is 0 Å². The number of hydrogen-bond donors (Lipinski definition) is 3. The molecule has 8 aromatic rings. The number of nitrogens with one attached hydrogen (secondary N) is 2. The van der Waals surface area contributed by atoms with E-state index in [0.29, 0.717) is 23.5 Å². The smallest absolute Gasteiger partial charge is 0.261 e. The summed E-state index contributed by atoms with van der Waals surface area (Å²) < 4.78 is 25.9. The van der Waals surface area contributed by atoms with E-state index < -0.39 is 10.1 Å². The molecule has 3 N–H and O–H groups in total. The first-order chi connectivity index (χ1) is 34.9. The number of rotatable bonds is 11. The van der Waals surface area contributed by atoms with Gasteiger partial charge < -0.3 is 25.3 Å². The lowest BCUT2D eigenvalue weighted by molar-refractivity contribution is 0.102. The van der Waals surface area contributed by atoms with E-state index >= 15 is 0 Å².